The van der Waals surface area contributed by atoms with Crippen molar-refractivity contribution in [2.24, 2.45) is 5.41 Å². The van der Waals surface area contributed by atoms with E-state index in [0.717, 1.165) is 44.7 Å². The van der Waals surface area contributed by atoms with Gasteiger partial charge in [0.05, 0.1) is 5.02 Å². The minimum Gasteiger partial charge on any atom is -0.381 e. The van der Waals surface area contributed by atoms with Crippen molar-refractivity contribution < 1.29 is 9.13 Å². The number of nitrogens with one attached hydrogen (secondary N) is 1. The Bertz CT molecular complexity index is 405. The molecule has 0 aliphatic carbocycles. The average Bonchev–Trinajstić information content (AvgIpc) is 2.34. The Morgan fingerprint density at radius 3 is 2.78 bits per heavy atom. The summed E-state index contributed by atoms with van der Waals surface area (Å²) in [5, 5.41) is 3.61. The third-order valence-electron chi connectivity index (χ3n) is 3.56. The molecular formula is C14H19ClFNO. The van der Waals surface area contributed by atoms with Crippen molar-refractivity contribution in [1.29, 1.82) is 0 Å². The van der Waals surface area contributed by atoms with Gasteiger partial charge in [-0.3, -0.25) is 0 Å². The average molecular weight is 272 g/mol. The van der Waals surface area contributed by atoms with Gasteiger partial charge in [-0.25, -0.2) is 4.39 Å². The van der Waals surface area contributed by atoms with Gasteiger partial charge in [-0.1, -0.05) is 24.6 Å². The number of halogens is 2. The van der Waals surface area contributed by atoms with Gasteiger partial charge >= 0.3 is 0 Å². The molecule has 1 saturated heterocycles. The highest BCUT2D eigenvalue weighted by Gasteiger charge is 2.26. The Labute approximate surface area is 112 Å². The molecule has 100 valence electrons. The molecule has 1 aromatic carbocycles. The fraction of sp³-hybridized carbons (Fsp3) is 0.571. The molecule has 1 aliphatic rings. The SMILES string of the molecule is CC1(CNCc2ccc(F)c(Cl)c2)CCOCC1. The maximum atomic E-state index is 13.0. The lowest BCUT2D eigenvalue weighted by atomic mass is 9.82. The minimum atomic E-state index is -0.364. The van der Waals surface area contributed by atoms with Crippen molar-refractivity contribution in [3.05, 3.63) is 34.6 Å². The van der Waals surface area contributed by atoms with Crippen molar-refractivity contribution in [2.75, 3.05) is 19.8 Å². The minimum absolute atomic E-state index is 0.187. The molecule has 1 heterocycles. The third-order valence-corrected chi connectivity index (χ3v) is 3.85. The van der Waals surface area contributed by atoms with Crippen LogP contribution >= 0.6 is 11.6 Å². The summed E-state index contributed by atoms with van der Waals surface area (Å²) in [6.45, 7) is 5.64. The standard InChI is InChI=1S/C14H19ClFNO/c1-14(4-6-18-7-5-14)10-17-9-11-2-3-13(16)12(15)8-11/h2-3,8,17H,4-7,9-10H2,1H3. The van der Waals surface area contributed by atoms with Gasteiger partial charge in [-0.15, -0.1) is 0 Å². The molecule has 0 saturated carbocycles. The summed E-state index contributed by atoms with van der Waals surface area (Å²) in [6.07, 6.45) is 2.17. The zero-order chi connectivity index (χ0) is 13.0. The molecule has 0 bridgehead atoms. The second kappa shape index (κ2) is 6.00. The van der Waals surface area contributed by atoms with E-state index in [1.165, 1.54) is 6.07 Å². The Balaban J connectivity index is 1.82. The van der Waals surface area contributed by atoms with Gasteiger partial charge in [0.2, 0.25) is 0 Å². The lowest BCUT2D eigenvalue weighted by molar-refractivity contribution is 0.0240. The van der Waals surface area contributed by atoms with E-state index in [-0.39, 0.29) is 10.8 Å². The lowest BCUT2D eigenvalue weighted by Crippen LogP contribution is -2.36. The Morgan fingerprint density at radius 2 is 2.11 bits per heavy atom. The van der Waals surface area contributed by atoms with Gasteiger partial charge in [0.15, 0.2) is 0 Å². The number of benzene rings is 1. The zero-order valence-electron chi connectivity index (χ0n) is 10.6. The van der Waals surface area contributed by atoms with Crippen molar-refractivity contribution in [2.45, 2.75) is 26.3 Å². The number of hydrogen-bond donors (Lipinski definition) is 1. The van der Waals surface area contributed by atoms with Crippen LogP contribution in [0.2, 0.25) is 5.02 Å². The molecule has 0 atom stereocenters. The van der Waals surface area contributed by atoms with Crippen LogP contribution in [-0.2, 0) is 11.3 Å². The van der Waals surface area contributed by atoms with E-state index in [0.29, 0.717) is 5.41 Å². The van der Waals surface area contributed by atoms with E-state index in [2.05, 4.69) is 12.2 Å². The fourth-order valence-corrected chi connectivity index (χ4v) is 2.40. The van der Waals surface area contributed by atoms with Crippen LogP contribution in [0, 0.1) is 11.2 Å². The maximum Gasteiger partial charge on any atom is 0.141 e. The molecule has 0 spiro atoms. The van der Waals surface area contributed by atoms with E-state index >= 15 is 0 Å². The monoisotopic (exact) mass is 271 g/mol. The highest BCUT2D eigenvalue weighted by atomic mass is 35.5. The van der Waals surface area contributed by atoms with E-state index in [1.54, 1.807) is 12.1 Å². The second-order valence-corrected chi connectivity index (χ2v) is 5.68. The van der Waals surface area contributed by atoms with E-state index in [1.807, 2.05) is 0 Å². The first-order valence-corrected chi connectivity index (χ1v) is 6.69. The molecule has 0 amide bonds. The smallest absolute Gasteiger partial charge is 0.141 e. The number of ether oxygens (including phenoxy) is 1. The molecular weight excluding hydrogens is 253 g/mol. The van der Waals surface area contributed by atoms with Gasteiger partial charge in [0, 0.05) is 26.3 Å². The molecule has 2 nitrogen and oxygen atoms in total. The zero-order valence-corrected chi connectivity index (χ0v) is 11.4. The predicted octanol–water partition coefficient (Wildman–Crippen LogP) is 3.39. The quantitative estimate of drug-likeness (QED) is 0.906. The van der Waals surface area contributed by atoms with Crippen molar-refractivity contribution in [1.82, 2.24) is 5.32 Å². The molecule has 1 N–H and O–H groups in total. The topological polar surface area (TPSA) is 21.3 Å². The summed E-state index contributed by atoms with van der Waals surface area (Å²) in [7, 11) is 0. The normalized spacial score (nSPS) is 18.8. The van der Waals surface area contributed by atoms with Crippen LogP contribution < -0.4 is 5.32 Å². The summed E-state index contributed by atoms with van der Waals surface area (Å²) in [6, 6.07) is 4.85. The molecule has 0 aromatic heterocycles. The molecule has 0 radical (unpaired) electrons. The molecule has 2 rings (SSSR count). The van der Waals surface area contributed by atoms with Crippen LogP contribution in [0.4, 0.5) is 4.39 Å². The largest absolute Gasteiger partial charge is 0.381 e. The Hall–Kier alpha value is -0.640. The predicted molar refractivity (Wildman–Crippen MR) is 71.3 cm³/mol. The van der Waals surface area contributed by atoms with Crippen LogP contribution in [0.3, 0.4) is 0 Å². The molecule has 0 unspecified atom stereocenters. The molecule has 18 heavy (non-hydrogen) atoms. The Kier molecular flexibility index (Phi) is 4.60. The van der Waals surface area contributed by atoms with Crippen molar-refractivity contribution in [3.8, 4) is 0 Å². The van der Waals surface area contributed by atoms with E-state index < -0.39 is 0 Å². The molecule has 1 aromatic rings. The van der Waals surface area contributed by atoms with Gasteiger partial charge in [-0.2, -0.15) is 0 Å². The summed E-state index contributed by atoms with van der Waals surface area (Å²) >= 11 is 5.75. The molecule has 4 heteroatoms. The summed E-state index contributed by atoms with van der Waals surface area (Å²) < 4.78 is 18.4. The van der Waals surface area contributed by atoms with E-state index in [4.69, 9.17) is 16.3 Å². The van der Waals surface area contributed by atoms with Crippen LogP contribution in [0.15, 0.2) is 18.2 Å². The Morgan fingerprint density at radius 1 is 1.39 bits per heavy atom. The van der Waals surface area contributed by atoms with Crippen molar-refractivity contribution >= 4 is 11.6 Å². The van der Waals surface area contributed by atoms with Crippen molar-refractivity contribution in [3.63, 3.8) is 0 Å². The first kappa shape index (κ1) is 13.8. The van der Waals surface area contributed by atoms with Gasteiger partial charge < -0.3 is 10.1 Å². The van der Waals surface area contributed by atoms with Crippen LogP contribution in [0.1, 0.15) is 25.3 Å². The van der Waals surface area contributed by atoms with Crippen LogP contribution in [-0.4, -0.2) is 19.8 Å². The summed E-state index contributed by atoms with van der Waals surface area (Å²) in [5.41, 5.74) is 1.32. The second-order valence-electron chi connectivity index (χ2n) is 5.28. The number of rotatable bonds is 4. The maximum absolute atomic E-state index is 13.0. The summed E-state index contributed by atoms with van der Waals surface area (Å²) in [5.74, 6) is -0.364. The fourth-order valence-electron chi connectivity index (χ4n) is 2.20. The first-order chi connectivity index (χ1) is 8.59. The highest BCUT2D eigenvalue weighted by Crippen LogP contribution is 2.28. The highest BCUT2D eigenvalue weighted by molar-refractivity contribution is 6.30. The molecule has 1 fully saturated rings. The lowest BCUT2D eigenvalue weighted by Gasteiger charge is -2.33. The number of hydrogen-bond acceptors (Lipinski definition) is 2. The third kappa shape index (κ3) is 3.67. The summed E-state index contributed by atoms with van der Waals surface area (Å²) in [4.78, 5) is 0. The van der Waals surface area contributed by atoms with Gasteiger partial charge in [-0.05, 0) is 36.0 Å². The van der Waals surface area contributed by atoms with E-state index in [9.17, 15) is 4.39 Å². The van der Waals surface area contributed by atoms with Crippen LogP contribution in [0.5, 0.6) is 0 Å². The van der Waals surface area contributed by atoms with Gasteiger partial charge in [0.25, 0.3) is 0 Å². The first-order valence-electron chi connectivity index (χ1n) is 6.31. The van der Waals surface area contributed by atoms with Gasteiger partial charge in [0.1, 0.15) is 5.82 Å². The van der Waals surface area contributed by atoms with Crippen LogP contribution in [0.25, 0.3) is 0 Å². The molecule has 1 aliphatic heterocycles.